The van der Waals surface area contributed by atoms with Gasteiger partial charge in [-0.3, -0.25) is 14.8 Å². The Morgan fingerprint density at radius 2 is 1.83 bits per heavy atom. The van der Waals surface area contributed by atoms with Crippen LogP contribution in [0.2, 0.25) is 0 Å². The van der Waals surface area contributed by atoms with Crippen LogP contribution in [0, 0.1) is 12.8 Å². The van der Waals surface area contributed by atoms with E-state index >= 15 is 0 Å². The van der Waals surface area contributed by atoms with E-state index in [0.29, 0.717) is 12.0 Å². The third-order valence-electron chi connectivity index (χ3n) is 4.58. The molecule has 1 aromatic carbocycles. The summed E-state index contributed by atoms with van der Waals surface area (Å²) in [6.07, 6.45) is 2.44. The summed E-state index contributed by atoms with van der Waals surface area (Å²) in [6.45, 7) is 1.96. The summed E-state index contributed by atoms with van der Waals surface area (Å²) in [5, 5.41) is 12.0. The fraction of sp³-hybridized carbons (Fsp3) is 0.529. The third kappa shape index (κ3) is 4.09. The second-order valence-electron chi connectivity index (χ2n) is 6.41. The van der Waals surface area contributed by atoms with Crippen LogP contribution in [0.25, 0.3) is 0 Å². The average Bonchev–Trinajstić information content (AvgIpc) is 2.54. The normalized spacial score (nSPS) is 24.3. The van der Waals surface area contributed by atoms with Gasteiger partial charge < -0.3 is 10.2 Å². The van der Waals surface area contributed by atoms with Gasteiger partial charge in [0.25, 0.3) is 5.91 Å². The van der Waals surface area contributed by atoms with Gasteiger partial charge in [-0.15, -0.1) is 0 Å². The highest BCUT2D eigenvalue weighted by molar-refractivity contribution is 5.95. The van der Waals surface area contributed by atoms with Gasteiger partial charge in [-0.25, -0.2) is 5.48 Å². The number of rotatable bonds is 4. The van der Waals surface area contributed by atoms with Gasteiger partial charge in [0.2, 0.25) is 5.91 Å². The first-order valence-corrected chi connectivity index (χ1v) is 7.92. The number of carbonyl (C=O) groups excluding carboxylic acids is 2. The van der Waals surface area contributed by atoms with Crippen LogP contribution in [0.15, 0.2) is 24.3 Å². The van der Waals surface area contributed by atoms with Crippen LogP contribution in [-0.2, 0) is 4.79 Å². The maximum atomic E-state index is 12.5. The molecule has 0 heterocycles. The molecule has 23 heavy (non-hydrogen) atoms. The Hall–Kier alpha value is -1.92. The van der Waals surface area contributed by atoms with Crippen molar-refractivity contribution in [2.24, 2.45) is 5.92 Å². The molecular weight excluding hydrogens is 294 g/mol. The average molecular weight is 319 g/mol. The first-order chi connectivity index (χ1) is 10.9. The van der Waals surface area contributed by atoms with Crippen LogP contribution in [0.1, 0.15) is 35.2 Å². The van der Waals surface area contributed by atoms with Crippen molar-refractivity contribution in [1.29, 1.82) is 0 Å². The van der Waals surface area contributed by atoms with E-state index in [9.17, 15) is 9.59 Å². The fourth-order valence-electron chi connectivity index (χ4n) is 3.27. The highest BCUT2D eigenvalue weighted by Crippen LogP contribution is 2.28. The number of hydroxylamine groups is 1. The zero-order valence-electron chi connectivity index (χ0n) is 13.9. The van der Waals surface area contributed by atoms with E-state index < -0.39 is 11.8 Å². The molecule has 0 spiro atoms. The van der Waals surface area contributed by atoms with Crippen LogP contribution in [0.5, 0.6) is 0 Å². The number of benzene rings is 1. The van der Waals surface area contributed by atoms with Crippen molar-refractivity contribution in [2.75, 3.05) is 14.1 Å². The van der Waals surface area contributed by atoms with E-state index in [4.69, 9.17) is 5.21 Å². The van der Waals surface area contributed by atoms with Crippen molar-refractivity contribution < 1.29 is 14.8 Å². The first-order valence-electron chi connectivity index (χ1n) is 7.92. The molecular formula is C17H25N3O3. The van der Waals surface area contributed by atoms with Gasteiger partial charge >= 0.3 is 0 Å². The molecule has 0 aromatic heterocycles. The topological polar surface area (TPSA) is 81.7 Å². The van der Waals surface area contributed by atoms with Crippen LogP contribution in [0.4, 0.5) is 0 Å². The Labute approximate surface area is 136 Å². The van der Waals surface area contributed by atoms with E-state index in [2.05, 4.69) is 5.32 Å². The Morgan fingerprint density at radius 1 is 1.17 bits per heavy atom. The van der Waals surface area contributed by atoms with Gasteiger partial charge in [-0.1, -0.05) is 24.1 Å². The summed E-state index contributed by atoms with van der Waals surface area (Å²) in [4.78, 5) is 26.5. The van der Waals surface area contributed by atoms with Crippen molar-refractivity contribution in [1.82, 2.24) is 15.7 Å². The predicted molar refractivity (Wildman–Crippen MR) is 87.2 cm³/mol. The molecule has 6 nitrogen and oxygen atoms in total. The third-order valence-corrected chi connectivity index (χ3v) is 4.58. The molecule has 0 saturated heterocycles. The van der Waals surface area contributed by atoms with E-state index in [-0.39, 0.29) is 18.0 Å². The molecule has 2 rings (SSSR count). The van der Waals surface area contributed by atoms with E-state index in [1.165, 1.54) is 0 Å². The van der Waals surface area contributed by atoms with E-state index in [0.717, 1.165) is 18.4 Å². The number of nitrogens with zero attached hydrogens (tertiary/aromatic N) is 1. The van der Waals surface area contributed by atoms with Crippen LogP contribution in [-0.4, -0.2) is 48.1 Å². The summed E-state index contributed by atoms with van der Waals surface area (Å²) >= 11 is 0. The lowest BCUT2D eigenvalue weighted by molar-refractivity contribution is -0.136. The largest absolute Gasteiger partial charge is 0.347 e. The van der Waals surface area contributed by atoms with Gasteiger partial charge in [-0.05, 0) is 46.0 Å². The van der Waals surface area contributed by atoms with Gasteiger partial charge in [0, 0.05) is 11.6 Å². The second kappa shape index (κ2) is 7.57. The molecule has 3 N–H and O–H groups in total. The molecule has 1 aromatic rings. The molecule has 1 fully saturated rings. The van der Waals surface area contributed by atoms with Gasteiger partial charge in [-0.2, -0.15) is 0 Å². The lowest BCUT2D eigenvalue weighted by Crippen LogP contribution is -2.58. The summed E-state index contributed by atoms with van der Waals surface area (Å²) < 4.78 is 0. The van der Waals surface area contributed by atoms with Crippen molar-refractivity contribution in [3.05, 3.63) is 35.4 Å². The van der Waals surface area contributed by atoms with Gasteiger partial charge in [0.15, 0.2) is 0 Å². The van der Waals surface area contributed by atoms with Crippen molar-refractivity contribution >= 4 is 11.8 Å². The molecule has 3 atom stereocenters. The molecule has 2 unspecified atom stereocenters. The zero-order valence-corrected chi connectivity index (χ0v) is 13.9. The van der Waals surface area contributed by atoms with Crippen molar-refractivity contribution in [2.45, 2.75) is 38.3 Å². The Kier molecular flexibility index (Phi) is 5.74. The highest BCUT2D eigenvalue weighted by Gasteiger charge is 2.39. The molecule has 1 saturated carbocycles. The van der Waals surface area contributed by atoms with Crippen molar-refractivity contribution in [3.8, 4) is 0 Å². The zero-order chi connectivity index (χ0) is 17.0. The smallest absolute Gasteiger partial charge is 0.251 e. The van der Waals surface area contributed by atoms with E-state index in [1.807, 2.05) is 38.1 Å². The molecule has 6 heteroatoms. The summed E-state index contributed by atoms with van der Waals surface area (Å²) in [6, 6.07) is 7.05. The predicted octanol–water partition coefficient (Wildman–Crippen LogP) is 1.33. The number of nitrogens with one attached hydrogen (secondary N) is 2. The summed E-state index contributed by atoms with van der Waals surface area (Å²) in [5.74, 6) is -1.07. The maximum Gasteiger partial charge on any atom is 0.251 e. The van der Waals surface area contributed by atoms with Crippen LogP contribution < -0.4 is 10.8 Å². The summed E-state index contributed by atoms with van der Waals surface area (Å²) in [5.41, 5.74) is 3.39. The Bertz CT molecular complexity index is 557. The van der Waals surface area contributed by atoms with E-state index in [1.54, 1.807) is 17.6 Å². The lowest BCUT2D eigenvalue weighted by atomic mass is 9.79. The second-order valence-corrected chi connectivity index (χ2v) is 6.41. The molecule has 0 radical (unpaired) electrons. The van der Waals surface area contributed by atoms with Crippen molar-refractivity contribution in [3.63, 3.8) is 0 Å². The number of aryl methyl sites for hydroxylation is 1. The number of likely N-dealkylation sites (N-methyl/N-ethyl adjacent to an activating group) is 1. The standard InChI is InChI=1S/C17H25N3O3/c1-11-7-9-12(10-8-11)16(21)18-15-13(17(22)19-23)5-4-6-14(15)20(2)3/h7-10,13-15,23H,4-6H2,1-3H3,(H,18,21)(H,19,22)/t13-,14?,15?/m0/s1. The summed E-state index contributed by atoms with van der Waals surface area (Å²) in [7, 11) is 3.88. The first kappa shape index (κ1) is 17.4. The van der Waals surface area contributed by atoms with Crippen LogP contribution in [0.3, 0.4) is 0 Å². The highest BCUT2D eigenvalue weighted by atomic mass is 16.5. The lowest BCUT2D eigenvalue weighted by Gasteiger charge is -2.40. The SMILES string of the molecule is Cc1ccc(C(=O)NC2C(N(C)C)CCC[C@@H]2C(=O)NO)cc1. The Morgan fingerprint density at radius 3 is 2.39 bits per heavy atom. The number of carbonyl (C=O) groups is 2. The van der Waals surface area contributed by atoms with Gasteiger partial charge in [0.05, 0.1) is 12.0 Å². The molecule has 1 aliphatic carbocycles. The van der Waals surface area contributed by atoms with Crippen LogP contribution >= 0.6 is 0 Å². The monoisotopic (exact) mass is 319 g/mol. The minimum absolute atomic E-state index is 0.0560. The number of amides is 2. The number of hydrogen-bond donors (Lipinski definition) is 3. The van der Waals surface area contributed by atoms with Gasteiger partial charge in [0.1, 0.15) is 0 Å². The number of hydrogen-bond acceptors (Lipinski definition) is 4. The minimum atomic E-state index is -0.439. The molecule has 0 bridgehead atoms. The molecule has 1 aliphatic rings. The quantitative estimate of drug-likeness (QED) is 0.578. The Balaban J connectivity index is 2.20. The minimum Gasteiger partial charge on any atom is -0.347 e. The maximum absolute atomic E-state index is 12.5. The fourth-order valence-corrected chi connectivity index (χ4v) is 3.27. The molecule has 2 amide bonds. The molecule has 0 aliphatic heterocycles. The molecule has 126 valence electrons.